The molecule has 1 saturated heterocycles. The van der Waals surface area contributed by atoms with Crippen LogP contribution in [-0.2, 0) is 9.53 Å². The van der Waals surface area contributed by atoms with E-state index in [0.717, 1.165) is 42.8 Å². The summed E-state index contributed by atoms with van der Waals surface area (Å²) in [6.45, 7) is 2.52. The van der Waals surface area contributed by atoms with E-state index in [1.54, 1.807) is 24.3 Å². The summed E-state index contributed by atoms with van der Waals surface area (Å²) in [7, 11) is 0. The van der Waals surface area contributed by atoms with Gasteiger partial charge in [0.1, 0.15) is 0 Å². The first-order valence-corrected chi connectivity index (χ1v) is 9.94. The largest absolute Gasteiger partial charge is 0.618 e. The number of ether oxygens (including phenoxy) is 1. The van der Waals surface area contributed by atoms with Crippen LogP contribution in [0.4, 0.5) is 0 Å². The minimum absolute atomic E-state index is 0.0385. The maximum absolute atomic E-state index is 12.3. The molecular formula is C21H25ClN2O4. The van der Waals surface area contributed by atoms with Crippen LogP contribution in [0.5, 0.6) is 0 Å². The van der Waals surface area contributed by atoms with E-state index in [1.807, 2.05) is 18.2 Å². The Kier molecular flexibility index (Phi) is 7.25. The predicted molar refractivity (Wildman–Crippen MR) is 106 cm³/mol. The first-order chi connectivity index (χ1) is 13.5. The molecule has 1 aliphatic heterocycles. The monoisotopic (exact) mass is 404 g/mol. The summed E-state index contributed by atoms with van der Waals surface area (Å²) < 4.78 is 7.24. The summed E-state index contributed by atoms with van der Waals surface area (Å²) in [5.74, 6) is -0.752. The van der Waals surface area contributed by atoms with Crippen LogP contribution in [0.1, 0.15) is 43.0 Å². The van der Waals surface area contributed by atoms with Crippen molar-refractivity contribution in [3.8, 4) is 0 Å². The Hall–Kier alpha value is -2.15. The molecule has 0 radical (unpaired) electrons. The molecule has 1 fully saturated rings. The van der Waals surface area contributed by atoms with Gasteiger partial charge in [-0.3, -0.25) is 4.79 Å². The van der Waals surface area contributed by atoms with E-state index in [9.17, 15) is 10.0 Å². The number of aromatic nitrogens is 1. The van der Waals surface area contributed by atoms with Gasteiger partial charge in [0.05, 0.1) is 6.10 Å². The molecule has 1 aliphatic rings. The predicted octanol–water partition coefficient (Wildman–Crippen LogP) is 3.41. The Bertz CT molecular complexity index is 776. The molecule has 1 aromatic heterocycles. The van der Waals surface area contributed by atoms with Gasteiger partial charge in [-0.05, 0) is 49.6 Å². The van der Waals surface area contributed by atoms with Crippen molar-refractivity contribution < 1.29 is 19.4 Å². The Morgan fingerprint density at radius 3 is 2.61 bits per heavy atom. The number of halogens is 1. The van der Waals surface area contributed by atoms with Crippen molar-refractivity contribution in [2.24, 2.45) is 0 Å². The standard InChI is InChI=1S/C21H25ClN2O4/c22-17-8-6-16(7-9-17)21(19-4-1-2-13-24(19)27)28-18-10-14-23(15-11-18)12-3-5-20(25)26/h1-2,4,6-9,13,18,21H,3,5,10-12,14-15H2,(H,25,26). The van der Waals surface area contributed by atoms with Crippen molar-refractivity contribution >= 4 is 17.6 Å². The second-order valence-electron chi connectivity index (χ2n) is 7.06. The smallest absolute Gasteiger partial charge is 0.303 e. The molecule has 2 aromatic rings. The SMILES string of the molecule is O=C(O)CCCN1CCC(OC(c2ccc(Cl)cc2)c2cccc[n+]2[O-])CC1. The van der Waals surface area contributed by atoms with E-state index >= 15 is 0 Å². The zero-order chi connectivity index (χ0) is 19.9. The fourth-order valence-electron chi connectivity index (χ4n) is 3.52. The molecule has 2 heterocycles. The number of piperidine rings is 1. The second-order valence-corrected chi connectivity index (χ2v) is 7.49. The van der Waals surface area contributed by atoms with Crippen LogP contribution in [-0.4, -0.2) is 41.7 Å². The van der Waals surface area contributed by atoms with Crippen LogP contribution in [0.25, 0.3) is 0 Å². The summed E-state index contributed by atoms with van der Waals surface area (Å²) in [6.07, 6.45) is 3.62. The highest BCUT2D eigenvalue weighted by Gasteiger charge is 2.28. The van der Waals surface area contributed by atoms with Crippen LogP contribution in [0.15, 0.2) is 48.7 Å². The molecule has 6 nitrogen and oxygen atoms in total. The third-order valence-electron chi connectivity index (χ3n) is 5.02. The average molecular weight is 405 g/mol. The van der Waals surface area contributed by atoms with Crippen LogP contribution in [0.3, 0.4) is 0 Å². The maximum atomic E-state index is 12.3. The van der Waals surface area contributed by atoms with Crippen molar-refractivity contribution in [2.45, 2.75) is 37.9 Å². The lowest BCUT2D eigenvalue weighted by Crippen LogP contribution is -2.40. The van der Waals surface area contributed by atoms with E-state index in [-0.39, 0.29) is 12.5 Å². The number of hydrogen-bond acceptors (Lipinski definition) is 4. The lowest BCUT2D eigenvalue weighted by atomic mass is 10.0. The van der Waals surface area contributed by atoms with Gasteiger partial charge in [0, 0.05) is 36.7 Å². The Labute approximate surface area is 169 Å². The Morgan fingerprint density at radius 2 is 1.96 bits per heavy atom. The zero-order valence-electron chi connectivity index (χ0n) is 15.7. The third kappa shape index (κ3) is 5.67. The van der Waals surface area contributed by atoms with Crippen molar-refractivity contribution in [3.63, 3.8) is 0 Å². The minimum atomic E-state index is -0.752. The van der Waals surface area contributed by atoms with E-state index in [2.05, 4.69) is 4.90 Å². The number of benzene rings is 1. The molecular weight excluding hydrogens is 380 g/mol. The van der Waals surface area contributed by atoms with Gasteiger partial charge in [-0.2, -0.15) is 4.73 Å². The lowest BCUT2D eigenvalue weighted by molar-refractivity contribution is -0.618. The third-order valence-corrected chi connectivity index (χ3v) is 5.28. The van der Waals surface area contributed by atoms with Crippen LogP contribution < -0.4 is 4.73 Å². The van der Waals surface area contributed by atoms with Gasteiger partial charge in [0.25, 0.3) is 0 Å². The fraction of sp³-hybridized carbons (Fsp3) is 0.429. The average Bonchev–Trinajstić information content (AvgIpc) is 2.68. The molecule has 3 rings (SSSR count). The molecule has 1 unspecified atom stereocenters. The van der Waals surface area contributed by atoms with Crippen LogP contribution >= 0.6 is 11.6 Å². The number of rotatable bonds is 8. The number of pyridine rings is 1. The number of nitrogens with zero attached hydrogens (tertiary/aromatic N) is 2. The number of likely N-dealkylation sites (tertiary alicyclic amines) is 1. The van der Waals surface area contributed by atoms with Gasteiger partial charge in [0.2, 0.25) is 5.69 Å². The summed E-state index contributed by atoms with van der Waals surface area (Å²) in [4.78, 5) is 12.9. The second kappa shape index (κ2) is 9.87. The number of carbonyl (C=O) groups is 1. The van der Waals surface area contributed by atoms with E-state index < -0.39 is 12.1 Å². The Morgan fingerprint density at radius 1 is 1.25 bits per heavy atom. The van der Waals surface area contributed by atoms with E-state index in [1.165, 1.54) is 6.20 Å². The van der Waals surface area contributed by atoms with Crippen molar-refractivity contribution in [3.05, 3.63) is 70.1 Å². The van der Waals surface area contributed by atoms with Gasteiger partial charge >= 0.3 is 5.97 Å². The van der Waals surface area contributed by atoms with Crippen LogP contribution in [0, 0.1) is 5.21 Å². The van der Waals surface area contributed by atoms with Crippen molar-refractivity contribution in [1.82, 2.24) is 4.90 Å². The highest BCUT2D eigenvalue weighted by Crippen LogP contribution is 2.29. The van der Waals surface area contributed by atoms with E-state index in [4.69, 9.17) is 21.4 Å². The molecule has 0 aliphatic carbocycles. The van der Waals surface area contributed by atoms with E-state index in [0.29, 0.717) is 17.1 Å². The van der Waals surface area contributed by atoms with Gasteiger partial charge in [-0.15, -0.1) is 0 Å². The van der Waals surface area contributed by atoms with Gasteiger partial charge < -0.3 is 20.0 Å². The molecule has 0 saturated carbocycles. The quantitative estimate of drug-likeness (QED) is 0.539. The summed E-state index contributed by atoms with van der Waals surface area (Å²) in [6, 6.07) is 12.7. The first-order valence-electron chi connectivity index (χ1n) is 9.56. The first kappa shape index (κ1) is 20.6. The molecule has 0 amide bonds. The van der Waals surface area contributed by atoms with Gasteiger partial charge in [0.15, 0.2) is 12.3 Å². The number of hydrogen-bond donors (Lipinski definition) is 1. The van der Waals surface area contributed by atoms with Gasteiger partial charge in [-0.1, -0.05) is 23.7 Å². The highest BCUT2D eigenvalue weighted by molar-refractivity contribution is 6.30. The van der Waals surface area contributed by atoms with Crippen molar-refractivity contribution in [1.29, 1.82) is 0 Å². The zero-order valence-corrected chi connectivity index (χ0v) is 16.4. The Balaban J connectivity index is 1.65. The molecule has 1 atom stereocenters. The lowest BCUT2D eigenvalue weighted by Gasteiger charge is -2.33. The number of carboxylic acid groups (broad SMARTS) is 1. The maximum Gasteiger partial charge on any atom is 0.303 e. The van der Waals surface area contributed by atoms with Gasteiger partial charge in [-0.25, -0.2) is 0 Å². The summed E-state index contributed by atoms with van der Waals surface area (Å²) >= 11 is 6.01. The number of carboxylic acids is 1. The summed E-state index contributed by atoms with van der Waals surface area (Å²) in [5, 5.41) is 21.7. The van der Waals surface area contributed by atoms with Crippen LogP contribution in [0.2, 0.25) is 5.02 Å². The van der Waals surface area contributed by atoms with Crippen molar-refractivity contribution in [2.75, 3.05) is 19.6 Å². The number of aliphatic carboxylic acids is 1. The minimum Gasteiger partial charge on any atom is -0.618 e. The molecule has 7 heteroatoms. The summed E-state index contributed by atoms with van der Waals surface area (Å²) in [5.41, 5.74) is 1.44. The normalized spacial score (nSPS) is 16.8. The molecule has 1 aromatic carbocycles. The fourth-order valence-corrected chi connectivity index (χ4v) is 3.64. The molecule has 150 valence electrons. The molecule has 28 heavy (non-hydrogen) atoms. The topological polar surface area (TPSA) is 76.7 Å². The molecule has 0 bridgehead atoms. The highest BCUT2D eigenvalue weighted by atomic mass is 35.5. The molecule has 0 spiro atoms. The molecule has 1 N–H and O–H groups in total.